The van der Waals surface area contributed by atoms with Gasteiger partial charge in [0.1, 0.15) is 11.8 Å². The molecule has 0 saturated heterocycles. The van der Waals surface area contributed by atoms with Crippen molar-refractivity contribution in [2.45, 2.75) is 13.5 Å². The van der Waals surface area contributed by atoms with Gasteiger partial charge in [-0.25, -0.2) is 4.68 Å². The molecule has 0 saturated carbocycles. The number of nitriles is 1. The summed E-state index contributed by atoms with van der Waals surface area (Å²) in [5.41, 5.74) is 4.18. The van der Waals surface area contributed by atoms with Gasteiger partial charge in [0, 0.05) is 10.6 Å². The molecule has 22 heavy (non-hydrogen) atoms. The lowest BCUT2D eigenvalue weighted by Gasteiger charge is -2.09. The maximum atomic E-state index is 9.30. The van der Waals surface area contributed by atoms with Gasteiger partial charge in [-0.3, -0.25) is 0 Å². The normalized spacial score (nSPS) is 10.4. The van der Waals surface area contributed by atoms with Crippen molar-refractivity contribution in [3.8, 4) is 17.3 Å². The summed E-state index contributed by atoms with van der Waals surface area (Å²) in [6, 6.07) is 17.6. The highest BCUT2D eigenvalue weighted by atomic mass is 35.5. The Labute approximate surface area is 133 Å². The molecule has 0 unspecified atom stereocenters. The van der Waals surface area contributed by atoms with Gasteiger partial charge in [-0.15, -0.1) is 5.10 Å². The summed E-state index contributed by atoms with van der Waals surface area (Å²) in [6.45, 7) is 2.55. The second-order valence-corrected chi connectivity index (χ2v) is 5.43. The van der Waals surface area contributed by atoms with Crippen molar-refractivity contribution >= 4 is 11.6 Å². The Morgan fingerprint density at radius 2 is 1.86 bits per heavy atom. The van der Waals surface area contributed by atoms with Crippen LogP contribution in [0.3, 0.4) is 0 Å². The standard InChI is InChI=1S/C17H13ClN4/c1-12-4-2-3-5-15(12)17-16(10-19)20-21-22(17)11-13-6-8-14(18)9-7-13/h2-9H,11H2,1H3. The molecule has 0 amide bonds. The van der Waals surface area contributed by atoms with Crippen LogP contribution in [0.1, 0.15) is 16.8 Å². The zero-order chi connectivity index (χ0) is 15.5. The molecule has 0 aliphatic heterocycles. The zero-order valence-corrected chi connectivity index (χ0v) is 12.7. The molecule has 3 aromatic rings. The third kappa shape index (κ3) is 2.72. The molecule has 1 aromatic heterocycles. The van der Waals surface area contributed by atoms with Gasteiger partial charge in [-0.2, -0.15) is 5.26 Å². The van der Waals surface area contributed by atoms with E-state index in [-0.39, 0.29) is 0 Å². The fraction of sp³-hybridized carbons (Fsp3) is 0.118. The molecule has 0 spiro atoms. The second-order valence-electron chi connectivity index (χ2n) is 5.00. The Balaban J connectivity index is 2.06. The molecule has 108 valence electrons. The topological polar surface area (TPSA) is 54.5 Å². The van der Waals surface area contributed by atoms with Crippen LogP contribution in [0.4, 0.5) is 0 Å². The summed E-state index contributed by atoms with van der Waals surface area (Å²) in [7, 11) is 0. The summed E-state index contributed by atoms with van der Waals surface area (Å²) in [4.78, 5) is 0. The fourth-order valence-corrected chi connectivity index (χ4v) is 2.49. The van der Waals surface area contributed by atoms with E-state index in [4.69, 9.17) is 11.6 Å². The summed E-state index contributed by atoms with van der Waals surface area (Å²) >= 11 is 5.91. The van der Waals surface area contributed by atoms with Crippen molar-refractivity contribution in [3.63, 3.8) is 0 Å². The minimum Gasteiger partial charge on any atom is -0.239 e. The molecule has 0 bridgehead atoms. The molecule has 4 nitrogen and oxygen atoms in total. The van der Waals surface area contributed by atoms with Crippen molar-refractivity contribution in [3.05, 3.63) is 70.4 Å². The molecule has 0 radical (unpaired) electrons. The van der Waals surface area contributed by atoms with Gasteiger partial charge in [0.15, 0.2) is 5.69 Å². The smallest absolute Gasteiger partial charge is 0.190 e. The third-order valence-electron chi connectivity index (χ3n) is 3.49. The van der Waals surface area contributed by atoms with Gasteiger partial charge in [0.2, 0.25) is 0 Å². The van der Waals surface area contributed by atoms with Crippen molar-refractivity contribution in [2.24, 2.45) is 0 Å². The van der Waals surface area contributed by atoms with Crippen LogP contribution in [0.25, 0.3) is 11.3 Å². The van der Waals surface area contributed by atoms with Crippen LogP contribution in [-0.2, 0) is 6.54 Å². The first-order valence-corrected chi connectivity index (χ1v) is 7.21. The maximum absolute atomic E-state index is 9.30. The predicted octanol–water partition coefficient (Wildman–Crippen LogP) is 3.83. The molecule has 0 fully saturated rings. The van der Waals surface area contributed by atoms with Gasteiger partial charge < -0.3 is 0 Å². The van der Waals surface area contributed by atoms with Crippen molar-refractivity contribution in [2.75, 3.05) is 0 Å². The summed E-state index contributed by atoms with van der Waals surface area (Å²) in [5.74, 6) is 0. The highest BCUT2D eigenvalue weighted by molar-refractivity contribution is 6.30. The molecule has 5 heteroatoms. The number of aromatic nitrogens is 3. The predicted molar refractivity (Wildman–Crippen MR) is 85.5 cm³/mol. The van der Waals surface area contributed by atoms with Gasteiger partial charge in [-0.1, -0.05) is 53.2 Å². The van der Waals surface area contributed by atoms with Gasteiger partial charge in [0.25, 0.3) is 0 Å². The van der Waals surface area contributed by atoms with E-state index in [1.807, 2.05) is 55.5 Å². The van der Waals surface area contributed by atoms with E-state index in [0.717, 1.165) is 22.4 Å². The minimum absolute atomic E-state index is 0.336. The highest BCUT2D eigenvalue weighted by Gasteiger charge is 2.16. The van der Waals surface area contributed by atoms with Crippen LogP contribution in [-0.4, -0.2) is 15.0 Å². The lowest BCUT2D eigenvalue weighted by molar-refractivity contribution is 0.655. The quantitative estimate of drug-likeness (QED) is 0.739. The van der Waals surface area contributed by atoms with E-state index in [0.29, 0.717) is 17.3 Å². The second kappa shape index (κ2) is 6.00. The average Bonchev–Trinajstić information content (AvgIpc) is 2.93. The number of hydrogen-bond acceptors (Lipinski definition) is 3. The SMILES string of the molecule is Cc1ccccc1-c1c(C#N)nnn1Cc1ccc(Cl)cc1. The number of hydrogen-bond donors (Lipinski definition) is 0. The number of rotatable bonds is 3. The minimum atomic E-state index is 0.336. The van der Waals surface area contributed by atoms with E-state index in [1.54, 1.807) is 4.68 Å². The van der Waals surface area contributed by atoms with Crippen LogP contribution < -0.4 is 0 Å². The highest BCUT2D eigenvalue weighted by Crippen LogP contribution is 2.26. The van der Waals surface area contributed by atoms with Gasteiger partial charge >= 0.3 is 0 Å². The molecule has 1 heterocycles. The first-order valence-electron chi connectivity index (χ1n) is 6.83. The van der Waals surface area contributed by atoms with Crippen molar-refractivity contribution in [1.29, 1.82) is 5.26 Å². The lowest BCUT2D eigenvalue weighted by Crippen LogP contribution is -2.05. The van der Waals surface area contributed by atoms with Crippen molar-refractivity contribution in [1.82, 2.24) is 15.0 Å². The van der Waals surface area contributed by atoms with E-state index >= 15 is 0 Å². The summed E-state index contributed by atoms with van der Waals surface area (Å²) < 4.78 is 1.75. The third-order valence-corrected chi connectivity index (χ3v) is 3.74. The van der Waals surface area contributed by atoms with Gasteiger partial charge in [0.05, 0.1) is 6.54 Å². The Hall–Kier alpha value is -2.64. The summed E-state index contributed by atoms with van der Waals surface area (Å²) in [6.07, 6.45) is 0. The van der Waals surface area contributed by atoms with Crippen LogP contribution in [0.2, 0.25) is 5.02 Å². The average molecular weight is 309 g/mol. The van der Waals surface area contributed by atoms with Crippen LogP contribution in [0, 0.1) is 18.3 Å². The van der Waals surface area contributed by atoms with Crippen LogP contribution >= 0.6 is 11.6 Å². The van der Waals surface area contributed by atoms with Crippen molar-refractivity contribution < 1.29 is 0 Å². The van der Waals surface area contributed by atoms with E-state index in [9.17, 15) is 5.26 Å². The molecule has 0 atom stereocenters. The Morgan fingerprint density at radius 3 is 2.55 bits per heavy atom. The van der Waals surface area contributed by atoms with Crippen LogP contribution in [0.15, 0.2) is 48.5 Å². The Bertz CT molecular complexity index is 844. The molecular weight excluding hydrogens is 296 g/mol. The van der Waals surface area contributed by atoms with Crippen LogP contribution in [0.5, 0.6) is 0 Å². The first kappa shape index (κ1) is 14.3. The lowest BCUT2D eigenvalue weighted by atomic mass is 10.0. The first-order chi connectivity index (χ1) is 10.7. The molecule has 3 rings (SSSR count). The Kier molecular flexibility index (Phi) is 3.90. The molecular formula is C17H13ClN4. The molecule has 0 aliphatic carbocycles. The van der Waals surface area contributed by atoms with E-state index < -0.39 is 0 Å². The molecule has 0 aliphatic rings. The maximum Gasteiger partial charge on any atom is 0.190 e. The summed E-state index contributed by atoms with van der Waals surface area (Å²) in [5, 5.41) is 18.1. The molecule has 2 aromatic carbocycles. The number of aryl methyl sites for hydroxylation is 1. The number of nitrogens with zero attached hydrogens (tertiary/aromatic N) is 4. The zero-order valence-electron chi connectivity index (χ0n) is 12.0. The number of benzene rings is 2. The van der Waals surface area contributed by atoms with Gasteiger partial charge in [-0.05, 0) is 30.2 Å². The van der Waals surface area contributed by atoms with E-state index in [2.05, 4.69) is 16.4 Å². The fourth-order valence-electron chi connectivity index (χ4n) is 2.37. The Morgan fingerprint density at radius 1 is 1.14 bits per heavy atom. The number of halogens is 1. The molecule has 0 N–H and O–H groups in total. The monoisotopic (exact) mass is 308 g/mol. The van der Waals surface area contributed by atoms with E-state index in [1.165, 1.54) is 0 Å². The largest absolute Gasteiger partial charge is 0.239 e.